The van der Waals surface area contributed by atoms with Crippen LogP contribution in [0.25, 0.3) is 16.8 Å². The molecule has 0 aliphatic carbocycles. The number of amides is 2. The Kier molecular flexibility index (Phi) is 7.63. The van der Waals surface area contributed by atoms with E-state index in [0.717, 1.165) is 40.9 Å². The highest BCUT2D eigenvalue weighted by atomic mass is 16.7. The predicted molar refractivity (Wildman–Crippen MR) is 150 cm³/mol. The number of aryl methyl sites for hydroxylation is 2. The summed E-state index contributed by atoms with van der Waals surface area (Å²) in [5.74, 6) is 1.18. The molecule has 0 fully saturated rings. The molecule has 1 aliphatic heterocycles. The van der Waals surface area contributed by atoms with Gasteiger partial charge < -0.3 is 19.7 Å². The lowest BCUT2D eigenvalue weighted by Gasteiger charge is -2.23. The van der Waals surface area contributed by atoms with Crippen molar-refractivity contribution in [2.45, 2.75) is 33.6 Å². The SMILES string of the molecule is CCCCN(CC(=O)Nc1c(-c2ccccc2)c(C)nn1-c1ccccc1C)C(=O)c1ccc2c(c1)OCO2. The summed E-state index contributed by atoms with van der Waals surface area (Å²) in [6.07, 6.45) is 1.67. The highest BCUT2D eigenvalue weighted by Gasteiger charge is 2.25. The molecule has 4 aromatic rings. The summed E-state index contributed by atoms with van der Waals surface area (Å²) in [6.45, 7) is 6.49. The van der Waals surface area contributed by atoms with Crippen molar-refractivity contribution < 1.29 is 19.1 Å². The third-order valence-electron chi connectivity index (χ3n) is 6.75. The molecule has 0 saturated heterocycles. The van der Waals surface area contributed by atoms with E-state index in [9.17, 15) is 9.59 Å². The van der Waals surface area contributed by atoms with Gasteiger partial charge in [-0.1, -0.05) is 61.9 Å². The molecule has 0 atom stereocenters. The predicted octanol–water partition coefficient (Wildman–Crippen LogP) is 5.77. The van der Waals surface area contributed by atoms with Crippen LogP contribution in [0.2, 0.25) is 0 Å². The number of carbonyl (C=O) groups excluding carboxylic acids is 2. The van der Waals surface area contributed by atoms with E-state index < -0.39 is 0 Å². The van der Waals surface area contributed by atoms with Gasteiger partial charge in [-0.25, -0.2) is 4.68 Å². The van der Waals surface area contributed by atoms with Gasteiger partial charge in [0.1, 0.15) is 12.4 Å². The van der Waals surface area contributed by atoms with Gasteiger partial charge in [-0.05, 0) is 55.7 Å². The molecule has 200 valence electrons. The lowest BCUT2D eigenvalue weighted by atomic mass is 10.1. The minimum atomic E-state index is -0.299. The van der Waals surface area contributed by atoms with E-state index >= 15 is 0 Å². The maximum absolute atomic E-state index is 13.6. The van der Waals surface area contributed by atoms with Crippen LogP contribution in [0.1, 0.15) is 41.4 Å². The van der Waals surface area contributed by atoms with Crippen molar-refractivity contribution >= 4 is 17.6 Å². The topological polar surface area (TPSA) is 85.7 Å². The van der Waals surface area contributed by atoms with Crippen molar-refractivity contribution in [3.63, 3.8) is 0 Å². The third kappa shape index (κ3) is 5.50. The van der Waals surface area contributed by atoms with Gasteiger partial charge >= 0.3 is 0 Å². The minimum absolute atomic E-state index is 0.0977. The van der Waals surface area contributed by atoms with Crippen LogP contribution in [0.5, 0.6) is 11.5 Å². The van der Waals surface area contributed by atoms with Crippen LogP contribution in [-0.2, 0) is 4.79 Å². The first-order chi connectivity index (χ1) is 19.0. The molecule has 2 amide bonds. The quantitative estimate of drug-likeness (QED) is 0.301. The van der Waals surface area contributed by atoms with E-state index in [4.69, 9.17) is 14.6 Å². The Balaban J connectivity index is 1.46. The van der Waals surface area contributed by atoms with Crippen LogP contribution in [0.15, 0.2) is 72.8 Å². The van der Waals surface area contributed by atoms with Crippen LogP contribution in [-0.4, -0.2) is 46.4 Å². The molecule has 1 aliphatic rings. The minimum Gasteiger partial charge on any atom is -0.454 e. The first kappa shape index (κ1) is 26.0. The fraction of sp³-hybridized carbons (Fsp3) is 0.258. The van der Waals surface area contributed by atoms with Gasteiger partial charge in [0.25, 0.3) is 5.91 Å². The highest BCUT2D eigenvalue weighted by molar-refractivity contribution is 6.01. The Bertz CT molecular complexity index is 1500. The second kappa shape index (κ2) is 11.4. The van der Waals surface area contributed by atoms with E-state index in [-0.39, 0.29) is 25.2 Å². The van der Waals surface area contributed by atoms with Crippen LogP contribution >= 0.6 is 0 Å². The molecular formula is C31H32N4O4. The number of benzene rings is 3. The van der Waals surface area contributed by atoms with Crippen molar-refractivity contribution in [2.24, 2.45) is 0 Å². The Morgan fingerprint density at radius 3 is 2.49 bits per heavy atom. The number of ether oxygens (including phenoxy) is 2. The van der Waals surface area contributed by atoms with Crippen LogP contribution < -0.4 is 14.8 Å². The van der Waals surface area contributed by atoms with E-state index in [1.165, 1.54) is 0 Å². The van der Waals surface area contributed by atoms with Gasteiger partial charge in [0.2, 0.25) is 12.7 Å². The Labute approximate surface area is 228 Å². The molecule has 0 bridgehead atoms. The molecule has 0 unspecified atom stereocenters. The molecule has 8 nitrogen and oxygen atoms in total. The number of hydrogen-bond acceptors (Lipinski definition) is 5. The van der Waals surface area contributed by atoms with Gasteiger partial charge in [-0.2, -0.15) is 5.10 Å². The maximum Gasteiger partial charge on any atom is 0.254 e. The first-order valence-corrected chi connectivity index (χ1v) is 13.2. The fourth-order valence-electron chi connectivity index (χ4n) is 4.73. The summed E-state index contributed by atoms with van der Waals surface area (Å²) < 4.78 is 12.6. The number of para-hydroxylation sites is 1. The number of fused-ring (bicyclic) bond motifs is 1. The molecule has 0 radical (unpaired) electrons. The summed E-state index contributed by atoms with van der Waals surface area (Å²) in [7, 11) is 0. The van der Waals surface area contributed by atoms with Gasteiger partial charge in [0.05, 0.1) is 11.4 Å². The molecule has 2 heterocycles. The summed E-state index contributed by atoms with van der Waals surface area (Å²) >= 11 is 0. The van der Waals surface area contributed by atoms with Crippen molar-refractivity contribution in [1.29, 1.82) is 0 Å². The standard InChI is InChI=1S/C31H32N4O4/c1-4-5-17-34(31(37)24-15-16-26-27(18-24)39-20-38-26)19-28(36)32-30-29(23-12-7-6-8-13-23)22(3)33-35(30)25-14-10-9-11-21(25)2/h6-16,18H,4-5,17,19-20H2,1-3H3,(H,32,36). The van der Waals surface area contributed by atoms with Crippen LogP contribution in [0.3, 0.4) is 0 Å². The number of aromatic nitrogens is 2. The van der Waals surface area contributed by atoms with E-state index in [1.807, 2.05) is 68.4 Å². The van der Waals surface area contributed by atoms with Crippen molar-refractivity contribution in [1.82, 2.24) is 14.7 Å². The van der Waals surface area contributed by atoms with Crippen molar-refractivity contribution in [3.05, 3.63) is 89.6 Å². The fourth-order valence-corrected chi connectivity index (χ4v) is 4.73. The van der Waals surface area contributed by atoms with Gasteiger partial charge in [0.15, 0.2) is 11.5 Å². The van der Waals surface area contributed by atoms with E-state index in [1.54, 1.807) is 27.8 Å². The number of unbranched alkanes of at least 4 members (excludes halogenated alkanes) is 1. The number of nitrogens with one attached hydrogen (secondary N) is 1. The molecule has 0 spiro atoms. The van der Waals surface area contributed by atoms with Gasteiger partial charge in [-0.3, -0.25) is 9.59 Å². The smallest absolute Gasteiger partial charge is 0.254 e. The normalized spacial score (nSPS) is 11.9. The van der Waals surface area contributed by atoms with Crippen molar-refractivity contribution in [2.75, 3.05) is 25.2 Å². The summed E-state index contributed by atoms with van der Waals surface area (Å²) in [5.41, 5.74) is 4.93. The van der Waals surface area contributed by atoms with E-state index in [2.05, 4.69) is 12.2 Å². The van der Waals surface area contributed by atoms with Crippen molar-refractivity contribution in [3.8, 4) is 28.3 Å². The maximum atomic E-state index is 13.6. The van der Waals surface area contributed by atoms with Crippen LogP contribution in [0, 0.1) is 13.8 Å². The van der Waals surface area contributed by atoms with Gasteiger partial charge in [0, 0.05) is 17.7 Å². The molecule has 1 N–H and O–H groups in total. The Hall–Kier alpha value is -4.59. The zero-order chi connectivity index (χ0) is 27.4. The molecule has 0 saturated carbocycles. The molecule has 1 aromatic heterocycles. The number of hydrogen-bond donors (Lipinski definition) is 1. The van der Waals surface area contributed by atoms with Crippen LogP contribution in [0.4, 0.5) is 5.82 Å². The summed E-state index contributed by atoms with van der Waals surface area (Å²) in [5, 5.41) is 7.91. The number of nitrogens with zero attached hydrogens (tertiary/aromatic N) is 3. The molecule has 5 rings (SSSR count). The number of carbonyl (C=O) groups is 2. The largest absolute Gasteiger partial charge is 0.454 e. The first-order valence-electron chi connectivity index (χ1n) is 13.2. The summed E-state index contributed by atoms with van der Waals surface area (Å²) in [4.78, 5) is 28.7. The third-order valence-corrected chi connectivity index (χ3v) is 6.75. The second-order valence-corrected chi connectivity index (χ2v) is 9.57. The van der Waals surface area contributed by atoms with Gasteiger partial charge in [-0.15, -0.1) is 0 Å². The molecular weight excluding hydrogens is 492 g/mol. The summed E-state index contributed by atoms with van der Waals surface area (Å²) in [6, 6.07) is 22.9. The molecule has 3 aromatic carbocycles. The average Bonchev–Trinajstić information content (AvgIpc) is 3.54. The number of anilines is 1. The zero-order valence-corrected chi connectivity index (χ0v) is 22.4. The lowest BCUT2D eigenvalue weighted by molar-refractivity contribution is -0.116. The molecule has 39 heavy (non-hydrogen) atoms. The monoisotopic (exact) mass is 524 g/mol. The second-order valence-electron chi connectivity index (χ2n) is 9.57. The average molecular weight is 525 g/mol. The highest BCUT2D eigenvalue weighted by Crippen LogP contribution is 2.35. The number of rotatable bonds is 9. The Morgan fingerprint density at radius 2 is 1.72 bits per heavy atom. The lowest BCUT2D eigenvalue weighted by Crippen LogP contribution is -2.39. The Morgan fingerprint density at radius 1 is 0.974 bits per heavy atom. The zero-order valence-electron chi connectivity index (χ0n) is 22.4. The van der Waals surface area contributed by atoms with E-state index in [0.29, 0.717) is 29.4 Å². The molecule has 8 heteroatoms.